The SMILES string of the molecule is COc1ccc(-c2ccccc2CC2(C(=O)NCC3CC3)CCOCC2)cc1. The predicted octanol–water partition coefficient (Wildman–Crippen LogP) is 4.23. The summed E-state index contributed by atoms with van der Waals surface area (Å²) in [6, 6.07) is 16.6. The Morgan fingerprint density at radius 1 is 1.11 bits per heavy atom. The van der Waals surface area contributed by atoms with E-state index in [9.17, 15) is 4.79 Å². The van der Waals surface area contributed by atoms with E-state index >= 15 is 0 Å². The molecule has 0 unspecified atom stereocenters. The summed E-state index contributed by atoms with van der Waals surface area (Å²) in [6.45, 7) is 2.13. The van der Waals surface area contributed by atoms with Crippen molar-refractivity contribution >= 4 is 5.91 Å². The molecule has 28 heavy (non-hydrogen) atoms. The zero-order valence-corrected chi connectivity index (χ0v) is 16.6. The lowest BCUT2D eigenvalue weighted by atomic mass is 9.73. The fraction of sp³-hybridized carbons (Fsp3) is 0.458. The lowest BCUT2D eigenvalue weighted by Gasteiger charge is -2.36. The maximum Gasteiger partial charge on any atom is 0.226 e. The minimum atomic E-state index is -0.379. The highest BCUT2D eigenvalue weighted by molar-refractivity contribution is 5.83. The molecule has 148 valence electrons. The van der Waals surface area contributed by atoms with Crippen LogP contribution in [0.4, 0.5) is 0 Å². The van der Waals surface area contributed by atoms with Crippen LogP contribution in [0.2, 0.25) is 0 Å². The number of ether oxygens (including phenoxy) is 2. The maximum absolute atomic E-state index is 13.2. The third-order valence-corrected chi connectivity index (χ3v) is 6.13. The van der Waals surface area contributed by atoms with Gasteiger partial charge in [0.05, 0.1) is 12.5 Å². The van der Waals surface area contributed by atoms with Gasteiger partial charge in [-0.3, -0.25) is 4.79 Å². The Morgan fingerprint density at radius 3 is 2.50 bits per heavy atom. The second-order valence-electron chi connectivity index (χ2n) is 8.11. The van der Waals surface area contributed by atoms with Crippen LogP contribution in [0.1, 0.15) is 31.2 Å². The Kier molecular flexibility index (Phi) is 5.67. The first-order valence-electron chi connectivity index (χ1n) is 10.3. The molecule has 2 aromatic rings. The highest BCUT2D eigenvalue weighted by Gasteiger charge is 2.41. The third-order valence-electron chi connectivity index (χ3n) is 6.13. The normalized spacial score (nSPS) is 18.5. The predicted molar refractivity (Wildman–Crippen MR) is 110 cm³/mol. The molecule has 1 amide bonds. The topological polar surface area (TPSA) is 47.6 Å². The van der Waals surface area contributed by atoms with Crippen molar-refractivity contribution in [2.24, 2.45) is 11.3 Å². The maximum atomic E-state index is 13.2. The summed E-state index contributed by atoms with van der Waals surface area (Å²) in [5, 5.41) is 3.24. The van der Waals surface area contributed by atoms with Crippen molar-refractivity contribution in [3.8, 4) is 16.9 Å². The lowest BCUT2D eigenvalue weighted by Crippen LogP contribution is -2.46. The van der Waals surface area contributed by atoms with Crippen LogP contribution < -0.4 is 10.1 Å². The largest absolute Gasteiger partial charge is 0.497 e. The van der Waals surface area contributed by atoms with Gasteiger partial charge in [0.1, 0.15) is 5.75 Å². The van der Waals surface area contributed by atoms with E-state index in [4.69, 9.17) is 9.47 Å². The van der Waals surface area contributed by atoms with Crippen LogP contribution >= 0.6 is 0 Å². The van der Waals surface area contributed by atoms with Crippen molar-refractivity contribution in [2.45, 2.75) is 32.1 Å². The molecule has 0 atom stereocenters. The molecule has 0 spiro atoms. The van der Waals surface area contributed by atoms with Crippen molar-refractivity contribution in [3.63, 3.8) is 0 Å². The molecule has 0 radical (unpaired) electrons. The molecule has 1 saturated carbocycles. The van der Waals surface area contributed by atoms with Crippen LogP contribution in [-0.4, -0.2) is 32.8 Å². The van der Waals surface area contributed by atoms with Crippen molar-refractivity contribution in [1.29, 1.82) is 0 Å². The summed E-state index contributed by atoms with van der Waals surface area (Å²) in [7, 11) is 1.68. The second-order valence-corrected chi connectivity index (χ2v) is 8.11. The highest BCUT2D eigenvalue weighted by atomic mass is 16.5. The highest BCUT2D eigenvalue weighted by Crippen LogP contribution is 2.38. The Hall–Kier alpha value is -2.33. The summed E-state index contributed by atoms with van der Waals surface area (Å²) in [4.78, 5) is 13.2. The second kappa shape index (κ2) is 8.36. The van der Waals surface area contributed by atoms with Gasteiger partial charge in [-0.15, -0.1) is 0 Å². The van der Waals surface area contributed by atoms with Crippen molar-refractivity contribution in [2.75, 3.05) is 26.9 Å². The zero-order chi connectivity index (χ0) is 19.4. The molecule has 0 aromatic heterocycles. The number of methoxy groups -OCH3 is 1. The van der Waals surface area contributed by atoms with Gasteiger partial charge in [0.15, 0.2) is 0 Å². The number of hydrogen-bond acceptors (Lipinski definition) is 3. The molecule has 2 aromatic carbocycles. The van der Waals surface area contributed by atoms with Gasteiger partial charge < -0.3 is 14.8 Å². The Bertz CT molecular complexity index is 805. The van der Waals surface area contributed by atoms with E-state index in [1.807, 2.05) is 12.1 Å². The van der Waals surface area contributed by atoms with Gasteiger partial charge in [0, 0.05) is 19.8 Å². The summed E-state index contributed by atoms with van der Waals surface area (Å²) in [6.07, 6.45) is 4.79. The molecule has 2 fully saturated rings. The molecule has 1 heterocycles. The standard InChI is InChI=1S/C24H29NO3/c1-27-21-10-8-19(9-11-21)22-5-3-2-4-20(22)16-24(12-14-28-15-13-24)23(26)25-17-18-6-7-18/h2-5,8-11,18H,6-7,12-17H2,1H3,(H,25,26). The number of rotatable bonds is 7. The lowest BCUT2D eigenvalue weighted by molar-refractivity contribution is -0.136. The van der Waals surface area contributed by atoms with E-state index in [2.05, 4.69) is 41.7 Å². The molecule has 1 saturated heterocycles. The van der Waals surface area contributed by atoms with E-state index in [0.717, 1.165) is 37.1 Å². The Morgan fingerprint density at radius 2 is 1.82 bits per heavy atom. The van der Waals surface area contributed by atoms with E-state index in [1.54, 1.807) is 7.11 Å². The number of hydrogen-bond donors (Lipinski definition) is 1. The third kappa shape index (κ3) is 4.22. The molecule has 4 rings (SSSR count). The van der Waals surface area contributed by atoms with Crippen molar-refractivity contribution in [3.05, 3.63) is 54.1 Å². The molecule has 1 N–H and O–H groups in total. The first-order chi connectivity index (χ1) is 13.7. The van der Waals surface area contributed by atoms with Crippen molar-refractivity contribution < 1.29 is 14.3 Å². The van der Waals surface area contributed by atoms with Crippen LogP contribution in [0, 0.1) is 11.3 Å². The fourth-order valence-electron chi connectivity index (χ4n) is 4.08. The molecule has 0 bridgehead atoms. The van der Waals surface area contributed by atoms with Crippen molar-refractivity contribution in [1.82, 2.24) is 5.32 Å². The number of nitrogens with one attached hydrogen (secondary N) is 1. The molecule has 1 aliphatic carbocycles. The average Bonchev–Trinajstić information content (AvgIpc) is 3.58. The average molecular weight is 380 g/mol. The number of benzene rings is 2. The van der Waals surface area contributed by atoms with Gasteiger partial charge in [-0.25, -0.2) is 0 Å². The molecular formula is C24H29NO3. The van der Waals surface area contributed by atoms with Gasteiger partial charge in [-0.2, -0.15) is 0 Å². The van der Waals surface area contributed by atoms with Crippen LogP contribution in [0.15, 0.2) is 48.5 Å². The smallest absolute Gasteiger partial charge is 0.226 e. The van der Waals surface area contributed by atoms with Crippen LogP contribution in [0.3, 0.4) is 0 Å². The van der Waals surface area contributed by atoms with E-state index in [-0.39, 0.29) is 11.3 Å². The fourth-order valence-corrected chi connectivity index (χ4v) is 4.08. The summed E-state index contributed by atoms with van der Waals surface area (Å²) < 4.78 is 10.9. The number of amides is 1. The van der Waals surface area contributed by atoms with Crippen LogP contribution in [-0.2, 0) is 16.0 Å². The van der Waals surface area contributed by atoms with Crippen LogP contribution in [0.25, 0.3) is 11.1 Å². The van der Waals surface area contributed by atoms with Gasteiger partial charge in [-0.05, 0) is 66.8 Å². The van der Waals surface area contributed by atoms with Gasteiger partial charge in [0.25, 0.3) is 0 Å². The molecule has 4 heteroatoms. The monoisotopic (exact) mass is 379 g/mol. The first-order valence-corrected chi connectivity index (χ1v) is 10.3. The molecule has 4 nitrogen and oxygen atoms in total. The van der Waals surface area contributed by atoms with Gasteiger partial charge in [-0.1, -0.05) is 36.4 Å². The first kappa shape index (κ1) is 19.0. The Labute approximate surface area is 167 Å². The number of carbonyl (C=O) groups is 1. The Balaban J connectivity index is 1.60. The van der Waals surface area contributed by atoms with E-state index in [1.165, 1.54) is 24.0 Å². The zero-order valence-electron chi connectivity index (χ0n) is 16.6. The molecule has 1 aliphatic heterocycles. The van der Waals surface area contributed by atoms with Gasteiger partial charge >= 0.3 is 0 Å². The van der Waals surface area contributed by atoms with E-state index < -0.39 is 0 Å². The molecular weight excluding hydrogens is 350 g/mol. The van der Waals surface area contributed by atoms with Crippen LogP contribution in [0.5, 0.6) is 5.75 Å². The minimum Gasteiger partial charge on any atom is -0.497 e. The summed E-state index contributed by atoms with van der Waals surface area (Å²) >= 11 is 0. The molecule has 2 aliphatic rings. The summed E-state index contributed by atoms with van der Waals surface area (Å²) in [5.74, 6) is 1.74. The van der Waals surface area contributed by atoms with E-state index in [0.29, 0.717) is 19.1 Å². The summed E-state index contributed by atoms with van der Waals surface area (Å²) in [5.41, 5.74) is 3.18. The van der Waals surface area contributed by atoms with Gasteiger partial charge in [0.2, 0.25) is 5.91 Å². The number of carbonyl (C=O) groups excluding carboxylic acids is 1. The minimum absolute atomic E-state index is 0.201. The quantitative estimate of drug-likeness (QED) is 0.783.